The lowest BCUT2D eigenvalue weighted by Crippen LogP contribution is -2.16. The van der Waals surface area contributed by atoms with Crippen molar-refractivity contribution in [2.45, 2.75) is 6.92 Å². The van der Waals surface area contributed by atoms with Crippen molar-refractivity contribution in [2.75, 3.05) is 0 Å². The van der Waals surface area contributed by atoms with E-state index in [4.69, 9.17) is 4.42 Å². The van der Waals surface area contributed by atoms with Crippen molar-refractivity contribution >= 4 is 23.5 Å². The Balaban J connectivity index is 1.94. The number of hydrazone groups is 1. The highest BCUT2D eigenvalue weighted by atomic mass is 32.1. The summed E-state index contributed by atoms with van der Waals surface area (Å²) in [6.45, 7) is 1.95. The summed E-state index contributed by atoms with van der Waals surface area (Å²) in [5.41, 5.74) is 3.88. The first-order valence-corrected chi connectivity index (χ1v) is 5.54. The normalized spacial score (nSPS) is 10.8. The van der Waals surface area contributed by atoms with Gasteiger partial charge in [-0.1, -0.05) is 0 Å². The third-order valence-electron chi connectivity index (χ3n) is 1.92. The van der Waals surface area contributed by atoms with Gasteiger partial charge in [0, 0.05) is 15.8 Å². The molecule has 0 aliphatic rings. The maximum absolute atomic E-state index is 11.5. The number of carbonyl (C=O) groups is 1. The minimum Gasteiger partial charge on any atom is -0.472 e. The second-order valence-electron chi connectivity index (χ2n) is 3.20. The molecule has 0 aliphatic carbocycles. The van der Waals surface area contributed by atoms with Crippen molar-refractivity contribution in [3.8, 4) is 0 Å². The molecular formula is C11H10N2O2S. The Morgan fingerprint density at radius 2 is 2.50 bits per heavy atom. The van der Waals surface area contributed by atoms with E-state index in [-0.39, 0.29) is 5.91 Å². The van der Waals surface area contributed by atoms with Gasteiger partial charge in [-0.3, -0.25) is 4.79 Å². The summed E-state index contributed by atoms with van der Waals surface area (Å²) in [6, 6.07) is 3.58. The van der Waals surface area contributed by atoms with Crippen LogP contribution in [-0.4, -0.2) is 12.1 Å². The van der Waals surface area contributed by atoms with E-state index in [1.807, 2.05) is 13.0 Å². The first-order valence-electron chi connectivity index (χ1n) is 4.66. The van der Waals surface area contributed by atoms with Gasteiger partial charge in [0.2, 0.25) is 0 Å². The Labute approximate surface area is 96.6 Å². The van der Waals surface area contributed by atoms with E-state index in [0.717, 1.165) is 10.4 Å². The Morgan fingerprint density at radius 1 is 1.62 bits per heavy atom. The number of furan rings is 1. The third-order valence-corrected chi connectivity index (χ3v) is 2.78. The van der Waals surface area contributed by atoms with Crippen molar-refractivity contribution in [1.82, 2.24) is 5.43 Å². The number of carbonyl (C=O) groups excluding carboxylic acids is 1. The molecule has 0 radical (unpaired) electrons. The van der Waals surface area contributed by atoms with Crippen molar-refractivity contribution < 1.29 is 9.21 Å². The summed E-state index contributed by atoms with van der Waals surface area (Å²) in [7, 11) is 0. The molecule has 0 atom stereocenters. The lowest BCUT2D eigenvalue weighted by Gasteiger charge is -1.94. The predicted octanol–water partition coefficient (Wildman–Crippen LogP) is 2.41. The van der Waals surface area contributed by atoms with Gasteiger partial charge in [-0.15, -0.1) is 11.3 Å². The number of amides is 1. The quantitative estimate of drug-likeness (QED) is 0.655. The molecule has 4 nitrogen and oxygen atoms in total. The fraction of sp³-hybridized carbons (Fsp3) is 0.0909. The maximum Gasteiger partial charge on any atom is 0.272 e. The predicted molar refractivity (Wildman–Crippen MR) is 62.8 cm³/mol. The Morgan fingerprint density at radius 3 is 3.12 bits per heavy atom. The van der Waals surface area contributed by atoms with Crippen molar-refractivity contribution in [3.63, 3.8) is 0 Å². The number of thiophene rings is 1. The van der Waals surface area contributed by atoms with Crippen molar-refractivity contribution in [3.05, 3.63) is 46.0 Å². The molecule has 2 aromatic rings. The molecule has 5 heteroatoms. The zero-order valence-corrected chi connectivity index (χ0v) is 9.45. The van der Waals surface area contributed by atoms with Gasteiger partial charge in [-0.05, 0) is 19.1 Å². The lowest BCUT2D eigenvalue weighted by molar-refractivity contribution is 0.0955. The summed E-state index contributed by atoms with van der Waals surface area (Å²) in [6.07, 6.45) is 4.62. The SMILES string of the molecule is Cc1cc(C(=O)NN=Cc2ccoc2)cs1. The number of hydrogen-bond donors (Lipinski definition) is 1. The fourth-order valence-corrected chi connectivity index (χ4v) is 1.82. The van der Waals surface area contributed by atoms with Gasteiger partial charge < -0.3 is 4.42 Å². The number of hydrogen-bond acceptors (Lipinski definition) is 4. The highest BCUT2D eigenvalue weighted by Crippen LogP contribution is 2.12. The van der Waals surface area contributed by atoms with Crippen molar-refractivity contribution in [2.24, 2.45) is 5.10 Å². The van der Waals surface area contributed by atoms with E-state index in [1.165, 1.54) is 17.6 Å². The monoisotopic (exact) mass is 234 g/mol. The van der Waals surface area contributed by atoms with E-state index in [0.29, 0.717) is 5.56 Å². The zero-order chi connectivity index (χ0) is 11.4. The molecule has 2 aromatic heterocycles. The van der Waals surface area contributed by atoms with Gasteiger partial charge in [0.15, 0.2) is 0 Å². The summed E-state index contributed by atoms with van der Waals surface area (Å²) >= 11 is 1.54. The average Bonchev–Trinajstić information content (AvgIpc) is 2.89. The van der Waals surface area contributed by atoms with Crippen LogP contribution < -0.4 is 5.43 Å². The van der Waals surface area contributed by atoms with Crippen LogP contribution in [0.3, 0.4) is 0 Å². The van der Waals surface area contributed by atoms with E-state index in [9.17, 15) is 4.79 Å². The molecular weight excluding hydrogens is 224 g/mol. The van der Waals surface area contributed by atoms with Gasteiger partial charge in [0.1, 0.15) is 0 Å². The maximum atomic E-state index is 11.5. The van der Waals surface area contributed by atoms with E-state index in [1.54, 1.807) is 24.0 Å². The van der Waals surface area contributed by atoms with Gasteiger partial charge in [-0.25, -0.2) is 5.43 Å². The Bertz CT molecular complexity index is 500. The van der Waals surface area contributed by atoms with Crippen LogP contribution in [0.4, 0.5) is 0 Å². The molecule has 16 heavy (non-hydrogen) atoms. The lowest BCUT2D eigenvalue weighted by atomic mass is 10.3. The molecule has 1 amide bonds. The van der Waals surface area contributed by atoms with Crippen LogP contribution >= 0.6 is 11.3 Å². The molecule has 0 saturated carbocycles. The summed E-state index contributed by atoms with van der Waals surface area (Å²) < 4.78 is 4.86. The molecule has 0 aliphatic heterocycles. The molecule has 82 valence electrons. The van der Waals surface area contributed by atoms with Crippen LogP contribution in [0, 0.1) is 6.92 Å². The topological polar surface area (TPSA) is 54.6 Å². The third kappa shape index (κ3) is 2.58. The van der Waals surface area contributed by atoms with Gasteiger partial charge in [0.25, 0.3) is 5.91 Å². The molecule has 0 spiro atoms. The average molecular weight is 234 g/mol. The molecule has 0 saturated heterocycles. The summed E-state index contributed by atoms with van der Waals surface area (Å²) in [4.78, 5) is 12.6. The first-order chi connectivity index (χ1) is 7.75. The molecule has 2 rings (SSSR count). The van der Waals surface area contributed by atoms with Crippen LogP contribution in [-0.2, 0) is 0 Å². The Kier molecular flexibility index (Phi) is 3.16. The van der Waals surface area contributed by atoms with Crippen LogP contribution in [0.5, 0.6) is 0 Å². The summed E-state index contributed by atoms with van der Waals surface area (Å²) in [5.74, 6) is -0.205. The smallest absolute Gasteiger partial charge is 0.272 e. The van der Waals surface area contributed by atoms with E-state index < -0.39 is 0 Å². The highest BCUT2D eigenvalue weighted by molar-refractivity contribution is 7.10. The second kappa shape index (κ2) is 4.76. The first kappa shape index (κ1) is 10.6. The van der Waals surface area contributed by atoms with Crippen LogP contribution in [0.1, 0.15) is 20.8 Å². The minimum absolute atomic E-state index is 0.205. The largest absolute Gasteiger partial charge is 0.472 e. The van der Waals surface area contributed by atoms with Gasteiger partial charge in [0.05, 0.1) is 24.3 Å². The van der Waals surface area contributed by atoms with Crippen molar-refractivity contribution in [1.29, 1.82) is 0 Å². The van der Waals surface area contributed by atoms with Gasteiger partial charge >= 0.3 is 0 Å². The number of aryl methyl sites for hydroxylation is 1. The fourth-order valence-electron chi connectivity index (χ4n) is 1.14. The molecule has 0 aromatic carbocycles. The van der Waals surface area contributed by atoms with E-state index in [2.05, 4.69) is 10.5 Å². The zero-order valence-electron chi connectivity index (χ0n) is 8.64. The second-order valence-corrected chi connectivity index (χ2v) is 4.32. The highest BCUT2D eigenvalue weighted by Gasteiger charge is 2.05. The summed E-state index contributed by atoms with van der Waals surface area (Å²) in [5, 5.41) is 5.62. The van der Waals surface area contributed by atoms with Gasteiger partial charge in [-0.2, -0.15) is 5.10 Å². The number of nitrogens with one attached hydrogen (secondary N) is 1. The molecule has 2 heterocycles. The Hall–Kier alpha value is -1.88. The number of rotatable bonds is 3. The van der Waals surface area contributed by atoms with Crippen LogP contribution in [0.2, 0.25) is 0 Å². The molecule has 0 unspecified atom stereocenters. The van der Waals surface area contributed by atoms with E-state index >= 15 is 0 Å². The molecule has 0 fully saturated rings. The minimum atomic E-state index is -0.205. The van der Waals surface area contributed by atoms with Crippen LogP contribution in [0.15, 0.2) is 39.6 Å². The molecule has 1 N–H and O–H groups in total. The standard InChI is InChI=1S/C11H10N2O2S/c1-8-4-10(7-16-8)11(14)13-12-5-9-2-3-15-6-9/h2-7H,1H3,(H,13,14). The molecule has 0 bridgehead atoms. The number of nitrogens with zero attached hydrogens (tertiary/aromatic N) is 1. The van der Waals surface area contributed by atoms with Crippen LogP contribution in [0.25, 0.3) is 0 Å².